The Balaban J connectivity index is 1.78. The number of anilines is 1. The van der Waals surface area contributed by atoms with Gasteiger partial charge in [-0.3, -0.25) is 0 Å². The number of fused-ring (bicyclic) bond motifs is 1. The molecule has 2 aromatic rings. The number of nitrogens with one attached hydrogen (secondary N) is 1. The molecule has 4 heteroatoms. The maximum Gasteiger partial charge on any atom is 0.119 e. The number of hydrogen-bond donors (Lipinski definition) is 1. The fraction of sp³-hybridized carbons (Fsp3) is 0.294. The Morgan fingerprint density at radius 1 is 1.14 bits per heavy atom. The second-order valence-electron chi connectivity index (χ2n) is 5.32. The fourth-order valence-electron chi connectivity index (χ4n) is 2.82. The van der Waals surface area contributed by atoms with E-state index in [4.69, 9.17) is 27.9 Å². The highest BCUT2D eigenvalue weighted by Crippen LogP contribution is 2.32. The van der Waals surface area contributed by atoms with Crippen molar-refractivity contribution in [3.63, 3.8) is 0 Å². The number of hydrogen-bond acceptors (Lipinski definition) is 2. The third-order valence-electron chi connectivity index (χ3n) is 3.95. The number of benzene rings is 2. The van der Waals surface area contributed by atoms with Crippen LogP contribution in [0.2, 0.25) is 10.0 Å². The molecule has 0 radical (unpaired) electrons. The maximum absolute atomic E-state index is 6.25. The first-order chi connectivity index (χ1) is 10.2. The third-order valence-corrected chi connectivity index (χ3v) is 4.77. The molecule has 0 saturated heterocycles. The Morgan fingerprint density at radius 3 is 2.81 bits per heavy atom. The summed E-state index contributed by atoms with van der Waals surface area (Å²) in [7, 11) is 1.70. The molecule has 110 valence electrons. The van der Waals surface area contributed by atoms with Gasteiger partial charge in [-0.25, -0.2) is 0 Å². The topological polar surface area (TPSA) is 21.3 Å². The SMILES string of the molecule is COc1ccc2c(c1)CC(Nc1cccc(Cl)c1Cl)CC2. The van der Waals surface area contributed by atoms with Crippen molar-refractivity contribution in [2.45, 2.75) is 25.3 Å². The van der Waals surface area contributed by atoms with Gasteiger partial charge in [0.15, 0.2) is 0 Å². The van der Waals surface area contributed by atoms with E-state index >= 15 is 0 Å². The molecule has 0 aliphatic heterocycles. The molecule has 2 aromatic carbocycles. The Kier molecular flexibility index (Phi) is 4.27. The molecule has 0 fully saturated rings. The molecule has 0 saturated carbocycles. The van der Waals surface area contributed by atoms with Crippen LogP contribution in [-0.4, -0.2) is 13.2 Å². The lowest BCUT2D eigenvalue weighted by Crippen LogP contribution is -2.27. The minimum atomic E-state index is 0.362. The number of methoxy groups -OCH3 is 1. The third kappa shape index (κ3) is 3.12. The van der Waals surface area contributed by atoms with Crippen LogP contribution in [0.3, 0.4) is 0 Å². The van der Waals surface area contributed by atoms with Crippen molar-refractivity contribution >= 4 is 28.9 Å². The summed E-state index contributed by atoms with van der Waals surface area (Å²) in [5.41, 5.74) is 3.66. The normalized spacial score (nSPS) is 17.2. The van der Waals surface area contributed by atoms with Crippen molar-refractivity contribution in [1.29, 1.82) is 0 Å². The van der Waals surface area contributed by atoms with Crippen LogP contribution in [0.4, 0.5) is 5.69 Å². The Hall–Kier alpha value is -1.38. The van der Waals surface area contributed by atoms with E-state index < -0.39 is 0 Å². The van der Waals surface area contributed by atoms with Crippen molar-refractivity contribution < 1.29 is 4.74 Å². The van der Waals surface area contributed by atoms with E-state index in [2.05, 4.69) is 17.4 Å². The average molecular weight is 322 g/mol. The van der Waals surface area contributed by atoms with E-state index in [1.165, 1.54) is 11.1 Å². The van der Waals surface area contributed by atoms with Gasteiger partial charge in [-0.2, -0.15) is 0 Å². The lowest BCUT2D eigenvalue weighted by atomic mass is 9.88. The summed E-state index contributed by atoms with van der Waals surface area (Å²) in [6.07, 6.45) is 3.12. The molecular weight excluding hydrogens is 305 g/mol. The summed E-state index contributed by atoms with van der Waals surface area (Å²) >= 11 is 12.3. The van der Waals surface area contributed by atoms with E-state index in [-0.39, 0.29) is 0 Å². The monoisotopic (exact) mass is 321 g/mol. The van der Waals surface area contributed by atoms with Gasteiger partial charge in [0.25, 0.3) is 0 Å². The Morgan fingerprint density at radius 2 is 2.00 bits per heavy atom. The largest absolute Gasteiger partial charge is 0.497 e. The first-order valence-corrected chi connectivity index (χ1v) is 7.79. The van der Waals surface area contributed by atoms with E-state index in [9.17, 15) is 0 Å². The van der Waals surface area contributed by atoms with Gasteiger partial charge in [0, 0.05) is 6.04 Å². The molecule has 1 N–H and O–H groups in total. The summed E-state index contributed by atoms with van der Waals surface area (Å²) in [6, 6.07) is 12.4. The van der Waals surface area contributed by atoms with Gasteiger partial charge in [-0.1, -0.05) is 35.3 Å². The molecule has 1 atom stereocenters. The Bertz CT molecular complexity index is 657. The van der Waals surface area contributed by atoms with Crippen LogP contribution in [0.1, 0.15) is 17.5 Å². The number of aryl methyl sites for hydroxylation is 1. The second kappa shape index (κ2) is 6.17. The zero-order valence-corrected chi connectivity index (χ0v) is 13.3. The first kappa shape index (κ1) is 14.6. The second-order valence-corrected chi connectivity index (χ2v) is 6.11. The van der Waals surface area contributed by atoms with Gasteiger partial charge in [-0.15, -0.1) is 0 Å². The van der Waals surface area contributed by atoms with Crippen LogP contribution < -0.4 is 10.1 Å². The van der Waals surface area contributed by atoms with Crippen molar-refractivity contribution in [3.8, 4) is 5.75 Å². The molecule has 0 heterocycles. The van der Waals surface area contributed by atoms with Crippen molar-refractivity contribution in [1.82, 2.24) is 0 Å². The van der Waals surface area contributed by atoms with Gasteiger partial charge in [-0.05, 0) is 54.7 Å². The smallest absolute Gasteiger partial charge is 0.119 e. The van der Waals surface area contributed by atoms with Gasteiger partial charge >= 0.3 is 0 Å². The van der Waals surface area contributed by atoms with Crippen LogP contribution >= 0.6 is 23.2 Å². The highest BCUT2D eigenvalue weighted by Gasteiger charge is 2.20. The van der Waals surface area contributed by atoms with E-state index in [0.717, 1.165) is 30.7 Å². The van der Waals surface area contributed by atoms with E-state index in [1.807, 2.05) is 18.2 Å². The van der Waals surface area contributed by atoms with Crippen LogP contribution in [-0.2, 0) is 12.8 Å². The molecule has 1 unspecified atom stereocenters. The first-order valence-electron chi connectivity index (χ1n) is 7.03. The molecule has 0 spiro atoms. The van der Waals surface area contributed by atoms with Crippen molar-refractivity contribution in [3.05, 3.63) is 57.6 Å². The van der Waals surface area contributed by atoms with Crippen LogP contribution in [0.15, 0.2) is 36.4 Å². The fourth-order valence-corrected chi connectivity index (χ4v) is 3.17. The van der Waals surface area contributed by atoms with Gasteiger partial charge < -0.3 is 10.1 Å². The lowest BCUT2D eigenvalue weighted by molar-refractivity contribution is 0.413. The summed E-state index contributed by atoms with van der Waals surface area (Å²) in [5, 5.41) is 4.69. The zero-order valence-electron chi connectivity index (χ0n) is 11.8. The van der Waals surface area contributed by atoms with E-state index in [0.29, 0.717) is 16.1 Å². The van der Waals surface area contributed by atoms with Gasteiger partial charge in [0.05, 0.1) is 22.8 Å². The number of ether oxygens (including phenoxy) is 1. The molecule has 2 nitrogen and oxygen atoms in total. The minimum absolute atomic E-state index is 0.362. The molecule has 1 aliphatic rings. The van der Waals surface area contributed by atoms with E-state index in [1.54, 1.807) is 13.2 Å². The highest BCUT2D eigenvalue weighted by molar-refractivity contribution is 6.43. The predicted molar refractivity (Wildman–Crippen MR) is 88.9 cm³/mol. The predicted octanol–water partition coefficient (Wildman–Crippen LogP) is 4.97. The summed E-state index contributed by atoms with van der Waals surface area (Å²) < 4.78 is 5.31. The van der Waals surface area contributed by atoms with Gasteiger partial charge in [0.1, 0.15) is 5.75 Å². The number of rotatable bonds is 3. The molecular formula is C17H17Cl2NO. The average Bonchev–Trinajstić information content (AvgIpc) is 2.51. The zero-order chi connectivity index (χ0) is 14.8. The van der Waals surface area contributed by atoms with Crippen molar-refractivity contribution in [2.24, 2.45) is 0 Å². The lowest BCUT2D eigenvalue weighted by Gasteiger charge is -2.27. The summed E-state index contributed by atoms with van der Waals surface area (Å²) in [5.74, 6) is 0.912. The van der Waals surface area contributed by atoms with Gasteiger partial charge in [0.2, 0.25) is 0 Å². The molecule has 3 rings (SSSR count). The molecule has 1 aliphatic carbocycles. The summed E-state index contributed by atoms with van der Waals surface area (Å²) in [6.45, 7) is 0. The minimum Gasteiger partial charge on any atom is -0.497 e. The molecule has 0 amide bonds. The quantitative estimate of drug-likeness (QED) is 0.861. The molecule has 0 bridgehead atoms. The van der Waals surface area contributed by atoms with Crippen molar-refractivity contribution in [2.75, 3.05) is 12.4 Å². The Labute approximate surface area is 135 Å². The molecule has 21 heavy (non-hydrogen) atoms. The van der Waals surface area contributed by atoms with Crippen LogP contribution in [0.5, 0.6) is 5.75 Å². The van der Waals surface area contributed by atoms with Crippen LogP contribution in [0.25, 0.3) is 0 Å². The standard InChI is InChI=1S/C17H17Cl2NO/c1-21-14-8-6-11-5-7-13(9-12(11)10-14)20-16-4-2-3-15(18)17(16)19/h2-4,6,8,10,13,20H,5,7,9H2,1H3. The molecule has 0 aromatic heterocycles. The highest BCUT2D eigenvalue weighted by atomic mass is 35.5. The van der Waals surface area contributed by atoms with Crippen LogP contribution in [0, 0.1) is 0 Å². The number of halogens is 2. The summed E-state index contributed by atoms with van der Waals surface area (Å²) in [4.78, 5) is 0. The maximum atomic E-state index is 6.25.